The van der Waals surface area contributed by atoms with Crippen LogP contribution in [0.5, 0.6) is 5.75 Å². The number of hydrogen-bond donors (Lipinski definition) is 2. The Morgan fingerprint density at radius 2 is 2.05 bits per heavy atom. The maximum atomic E-state index is 12.2. The minimum absolute atomic E-state index is 0.0852. The first-order valence-corrected chi connectivity index (χ1v) is 7.81. The Kier molecular flexibility index (Phi) is 6.41. The second-order valence-electron chi connectivity index (χ2n) is 4.70. The molecule has 2 N–H and O–H groups in total. The number of nitrogens with zero attached hydrogens (tertiary/aromatic N) is 1. The first kappa shape index (κ1) is 16.9. The van der Waals surface area contributed by atoms with E-state index in [4.69, 9.17) is 9.84 Å². The predicted molar refractivity (Wildman–Crippen MR) is 77.3 cm³/mol. The molecule has 0 aliphatic carbocycles. The third-order valence-electron chi connectivity index (χ3n) is 2.77. The lowest BCUT2D eigenvalue weighted by molar-refractivity contribution is 0.280. The Hall–Kier alpha value is -1.15. The SMILES string of the molecule is COc1cc(CO)ccc1S(=O)(=O)NCCCN(C)C. The van der Waals surface area contributed by atoms with Crippen LogP contribution in [-0.2, 0) is 16.6 Å². The van der Waals surface area contributed by atoms with Gasteiger partial charge in [-0.05, 0) is 44.8 Å². The third kappa shape index (κ3) is 4.75. The van der Waals surface area contributed by atoms with Gasteiger partial charge in [0.15, 0.2) is 0 Å². The minimum Gasteiger partial charge on any atom is -0.495 e. The molecule has 0 aliphatic heterocycles. The molecule has 0 saturated heterocycles. The van der Waals surface area contributed by atoms with E-state index in [1.807, 2.05) is 19.0 Å². The monoisotopic (exact) mass is 302 g/mol. The van der Waals surface area contributed by atoms with Gasteiger partial charge in [-0.2, -0.15) is 0 Å². The van der Waals surface area contributed by atoms with Gasteiger partial charge in [-0.3, -0.25) is 0 Å². The molecule has 1 rings (SSSR count). The topological polar surface area (TPSA) is 78.9 Å². The van der Waals surface area contributed by atoms with E-state index >= 15 is 0 Å². The second kappa shape index (κ2) is 7.58. The number of aliphatic hydroxyl groups is 1. The highest BCUT2D eigenvalue weighted by atomic mass is 32.2. The molecule has 0 amide bonds. The van der Waals surface area contributed by atoms with Crippen LogP contribution in [0.2, 0.25) is 0 Å². The van der Waals surface area contributed by atoms with E-state index in [9.17, 15) is 8.42 Å². The zero-order valence-corrected chi connectivity index (χ0v) is 12.9. The van der Waals surface area contributed by atoms with Crippen LogP contribution < -0.4 is 9.46 Å². The lowest BCUT2D eigenvalue weighted by atomic mass is 10.2. The fraction of sp³-hybridized carbons (Fsp3) is 0.538. The van der Waals surface area contributed by atoms with Crippen LogP contribution in [-0.4, -0.2) is 52.7 Å². The largest absolute Gasteiger partial charge is 0.495 e. The molecule has 0 fully saturated rings. The highest BCUT2D eigenvalue weighted by Gasteiger charge is 2.19. The molecule has 7 heteroatoms. The zero-order valence-electron chi connectivity index (χ0n) is 12.1. The third-order valence-corrected chi connectivity index (χ3v) is 4.27. The van der Waals surface area contributed by atoms with Crippen molar-refractivity contribution in [2.75, 3.05) is 34.3 Å². The van der Waals surface area contributed by atoms with Crippen molar-refractivity contribution < 1.29 is 18.3 Å². The van der Waals surface area contributed by atoms with E-state index in [2.05, 4.69) is 4.72 Å². The first-order valence-electron chi connectivity index (χ1n) is 6.33. The van der Waals surface area contributed by atoms with Crippen LogP contribution >= 0.6 is 0 Å². The van der Waals surface area contributed by atoms with Crippen LogP contribution in [0.25, 0.3) is 0 Å². The molecule has 1 aromatic rings. The first-order chi connectivity index (χ1) is 9.40. The quantitative estimate of drug-likeness (QED) is 0.680. The second-order valence-corrected chi connectivity index (χ2v) is 6.43. The Morgan fingerprint density at radius 3 is 2.60 bits per heavy atom. The van der Waals surface area contributed by atoms with Crippen molar-refractivity contribution in [1.82, 2.24) is 9.62 Å². The summed E-state index contributed by atoms with van der Waals surface area (Å²) in [5.41, 5.74) is 0.605. The number of hydrogen-bond acceptors (Lipinski definition) is 5. The molecular weight excluding hydrogens is 280 g/mol. The standard InChI is InChI=1S/C13H22N2O4S/c1-15(2)8-4-7-14-20(17,18)13-6-5-11(10-16)9-12(13)19-3/h5-6,9,14,16H,4,7-8,10H2,1-3H3. The molecule has 0 radical (unpaired) electrons. The van der Waals surface area contributed by atoms with Gasteiger partial charge in [0.2, 0.25) is 10.0 Å². The fourth-order valence-corrected chi connectivity index (χ4v) is 2.93. The summed E-state index contributed by atoms with van der Waals surface area (Å²) in [7, 11) is 1.67. The van der Waals surface area contributed by atoms with Crippen molar-refractivity contribution >= 4 is 10.0 Å². The molecule has 0 atom stereocenters. The summed E-state index contributed by atoms with van der Waals surface area (Å²) in [4.78, 5) is 2.08. The van der Waals surface area contributed by atoms with Crippen molar-refractivity contribution in [2.45, 2.75) is 17.9 Å². The molecule has 0 heterocycles. The van der Waals surface area contributed by atoms with Crippen LogP contribution in [0, 0.1) is 0 Å². The van der Waals surface area contributed by atoms with Crippen molar-refractivity contribution in [3.63, 3.8) is 0 Å². The summed E-state index contributed by atoms with van der Waals surface area (Å²) < 4.78 is 32.0. The van der Waals surface area contributed by atoms with E-state index in [1.165, 1.54) is 19.2 Å². The van der Waals surface area contributed by atoms with Gasteiger partial charge < -0.3 is 14.7 Å². The molecule has 0 unspecified atom stereocenters. The van der Waals surface area contributed by atoms with E-state index in [-0.39, 0.29) is 17.3 Å². The van der Waals surface area contributed by atoms with Crippen LogP contribution in [0.3, 0.4) is 0 Å². The average Bonchev–Trinajstić information content (AvgIpc) is 2.42. The maximum absolute atomic E-state index is 12.2. The molecule has 0 bridgehead atoms. The number of rotatable bonds is 8. The molecule has 114 valence electrons. The molecule has 1 aromatic carbocycles. The normalized spacial score (nSPS) is 11.8. The number of nitrogens with one attached hydrogen (secondary N) is 1. The molecular formula is C13H22N2O4S. The smallest absolute Gasteiger partial charge is 0.244 e. The van der Waals surface area contributed by atoms with Gasteiger partial charge in [-0.1, -0.05) is 6.07 Å². The number of sulfonamides is 1. The molecule has 20 heavy (non-hydrogen) atoms. The van der Waals surface area contributed by atoms with Crippen molar-refractivity contribution in [1.29, 1.82) is 0 Å². The Balaban J connectivity index is 2.81. The van der Waals surface area contributed by atoms with Gasteiger partial charge in [-0.25, -0.2) is 13.1 Å². The summed E-state index contributed by atoms with van der Waals surface area (Å²) in [5, 5.41) is 9.05. The summed E-state index contributed by atoms with van der Waals surface area (Å²) in [6.45, 7) is 1.02. The molecule has 6 nitrogen and oxygen atoms in total. The van der Waals surface area contributed by atoms with Crippen molar-refractivity contribution in [3.8, 4) is 5.75 Å². The van der Waals surface area contributed by atoms with Gasteiger partial charge in [0.05, 0.1) is 13.7 Å². The highest BCUT2D eigenvalue weighted by Crippen LogP contribution is 2.24. The predicted octanol–water partition coefficient (Wildman–Crippen LogP) is 0.417. The molecule has 0 saturated carbocycles. The minimum atomic E-state index is -3.60. The number of ether oxygens (including phenoxy) is 1. The van der Waals surface area contributed by atoms with E-state index in [0.717, 1.165) is 13.0 Å². The highest BCUT2D eigenvalue weighted by molar-refractivity contribution is 7.89. The van der Waals surface area contributed by atoms with Gasteiger partial charge in [-0.15, -0.1) is 0 Å². The van der Waals surface area contributed by atoms with Gasteiger partial charge in [0.1, 0.15) is 10.6 Å². The summed E-state index contributed by atoms with van der Waals surface area (Å²) in [6, 6.07) is 4.53. The van der Waals surface area contributed by atoms with Crippen LogP contribution in [0.15, 0.2) is 23.1 Å². The Bertz CT molecular complexity index is 529. The van der Waals surface area contributed by atoms with Crippen molar-refractivity contribution in [2.24, 2.45) is 0 Å². The van der Waals surface area contributed by atoms with Crippen LogP contribution in [0.4, 0.5) is 0 Å². The number of benzene rings is 1. The number of methoxy groups -OCH3 is 1. The maximum Gasteiger partial charge on any atom is 0.244 e. The summed E-state index contributed by atoms with van der Waals surface area (Å²) >= 11 is 0. The fourth-order valence-electron chi connectivity index (χ4n) is 1.71. The Labute approximate surface area is 120 Å². The zero-order chi connectivity index (χ0) is 15.2. The van der Waals surface area contributed by atoms with Gasteiger partial charge in [0, 0.05) is 6.54 Å². The number of aliphatic hydroxyl groups excluding tert-OH is 1. The molecule has 0 aromatic heterocycles. The lowest BCUT2D eigenvalue weighted by Gasteiger charge is -2.13. The van der Waals surface area contributed by atoms with Gasteiger partial charge >= 0.3 is 0 Å². The van der Waals surface area contributed by atoms with Gasteiger partial charge in [0.25, 0.3) is 0 Å². The summed E-state index contributed by atoms with van der Waals surface area (Å²) in [5.74, 6) is 0.233. The Morgan fingerprint density at radius 1 is 1.35 bits per heavy atom. The van der Waals surface area contributed by atoms with E-state index in [0.29, 0.717) is 12.1 Å². The lowest BCUT2D eigenvalue weighted by Crippen LogP contribution is -2.27. The molecule has 0 aliphatic rings. The summed E-state index contributed by atoms with van der Waals surface area (Å²) in [6.07, 6.45) is 0.725. The van der Waals surface area contributed by atoms with Crippen molar-refractivity contribution in [3.05, 3.63) is 23.8 Å². The molecule has 0 spiro atoms. The van der Waals surface area contributed by atoms with E-state index < -0.39 is 10.0 Å². The van der Waals surface area contributed by atoms with E-state index in [1.54, 1.807) is 6.07 Å². The van der Waals surface area contributed by atoms with Crippen LogP contribution in [0.1, 0.15) is 12.0 Å². The average molecular weight is 302 g/mol.